The van der Waals surface area contributed by atoms with E-state index in [0.717, 1.165) is 5.56 Å². The van der Waals surface area contributed by atoms with E-state index in [0.29, 0.717) is 22.4 Å². The van der Waals surface area contributed by atoms with Crippen LogP contribution in [0.15, 0.2) is 47.5 Å². The first-order valence-corrected chi connectivity index (χ1v) is 9.83. The Morgan fingerprint density at radius 2 is 2.00 bits per heavy atom. The minimum atomic E-state index is -0.567. The fourth-order valence-electron chi connectivity index (χ4n) is 2.99. The topological polar surface area (TPSA) is 80.2 Å². The Bertz CT molecular complexity index is 980. The third kappa shape index (κ3) is 4.19. The molecule has 150 valence electrons. The van der Waals surface area contributed by atoms with Crippen LogP contribution in [-0.2, 0) is 16.1 Å². The van der Waals surface area contributed by atoms with Crippen LogP contribution in [-0.4, -0.2) is 41.0 Å². The highest BCUT2D eigenvalue weighted by molar-refractivity contribution is 8.15. The van der Waals surface area contributed by atoms with Crippen molar-refractivity contribution in [2.75, 3.05) is 13.8 Å². The van der Waals surface area contributed by atoms with Crippen LogP contribution in [0.25, 0.3) is 0 Å². The van der Waals surface area contributed by atoms with E-state index in [1.165, 1.54) is 43.1 Å². The van der Waals surface area contributed by atoms with E-state index in [1.54, 1.807) is 11.0 Å². The predicted molar refractivity (Wildman–Crippen MR) is 107 cm³/mol. The molecule has 29 heavy (non-hydrogen) atoms. The van der Waals surface area contributed by atoms with Crippen molar-refractivity contribution in [1.29, 1.82) is 0 Å². The average Bonchev–Trinajstić information content (AvgIpc) is 3.29. The molecule has 2 aliphatic heterocycles. The van der Waals surface area contributed by atoms with Crippen molar-refractivity contribution < 1.29 is 23.5 Å². The summed E-state index contributed by atoms with van der Waals surface area (Å²) >= 11 is 1.23. The van der Waals surface area contributed by atoms with Crippen molar-refractivity contribution in [2.45, 2.75) is 18.2 Å². The molecule has 0 saturated carbocycles. The standard InChI is InChI=1S/C20H18FN3O4S/c1-22-18(25)9-17-19(26)24(10-12-2-7-15-16(8-12)28-11-27-15)20(29-17)23-14-5-3-13(21)4-6-14/h2-8,17H,9-11H2,1H3,(H,22,25)/t17-/m0/s1. The third-order valence-electron chi connectivity index (χ3n) is 4.50. The lowest BCUT2D eigenvalue weighted by Gasteiger charge is -2.17. The number of ether oxygens (including phenoxy) is 2. The molecule has 7 nitrogen and oxygen atoms in total. The first kappa shape index (κ1) is 19.3. The number of fused-ring (bicyclic) bond motifs is 1. The zero-order valence-electron chi connectivity index (χ0n) is 15.6. The Hall–Kier alpha value is -3.07. The molecule has 2 amide bonds. The summed E-state index contributed by atoms with van der Waals surface area (Å²) in [5.74, 6) is 0.507. The number of nitrogens with zero attached hydrogens (tertiary/aromatic N) is 2. The number of carbonyl (C=O) groups excluding carboxylic acids is 2. The van der Waals surface area contributed by atoms with Gasteiger partial charge in [-0.15, -0.1) is 0 Å². The van der Waals surface area contributed by atoms with Gasteiger partial charge in [0.05, 0.1) is 12.2 Å². The number of amides is 2. The number of nitrogens with one attached hydrogen (secondary N) is 1. The van der Waals surface area contributed by atoms with Gasteiger partial charge in [-0.3, -0.25) is 14.5 Å². The van der Waals surface area contributed by atoms with Crippen molar-refractivity contribution in [3.8, 4) is 11.5 Å². The number of hydrogen-bond acceptors (Lipinski definition) is 6. The highest BCUT2D eigenvalue weighted by Crippen LogP contribution is 2.36. The predicted octanol–water partition coefficient (Wildman–Crippen LogP) is 2.82. The molecule has 0 radical (unpaired) electrons. The van der Waals surface area contributed by atoms with E-state index >= 15 is 0 Å². The van der Waals surface area contributed by atoms with E-state index in [9.17, 15) is 14.0 Å². The average molecular weight is 415 g/mol. The second kappa shape index (κ2) is 8.12. The van der Waals surface area contributed by atoms with E-state index in [-0.39, 0.29) is 37.4 Å². The zero-order chi connectivity index (χ0) is 20.4. The van der Waals surface area contributed by atoms with Gasteiger partial charge in [0.15, 0.2) is 16.7 Å². The maximum Gasteiger partial charge on any atom is 0.242 e. The van der Waals surface area contributed by atoms with Crippen molar-refractivity contribution in [3.05, 3.63) is 53.8 Å². The van der Waals surface area contributed by atoms with Gasteiger partial charge in [0.1, 0.15) is 11.1 Å². The number of hydrogen-bond donors (Lipinski definition) is 1. The molecule has 2 aliphatic rings. The number of thioether (sulfide) groups is 1. The molecule has 4 rings (SSSR count). The zero-order valence-corrected chi connectivity index (χ0v) is 16.4. The van der Waals surface area contributed by atoms with Gasteiger partial charge in [-0.25, -0.2) is 9.38 Å². The Labute approximate surface area is 170 Å². The lowest BCUT2D eigenvalue weighted by molar-refractivity contribution is -0.129. The fourth-order valence-corrected chi connectivity index (χ4v) is 4.15. The summed E-state index contributed by atoms with van der Waals surface area (Å²) in [7, 11) is 1.53. The van der Waals surface area contributed by atoms with Crippen LogP contribution in [0.3, 0.4) is 0 Å². The molecular formula is C20H18FN3O4S. The second-order valence-corrected chi connectivity index (χ2v) is 7.64. The summed E-state index contributed by atoms with van der Waals surface area (Å²) in [6.45, 7) is 0.440. The Morgan fingerprint density at radius 3 is 2.76 bits per heavy atom. The van der Waals surface area contributed by atoms with Crippen LogP contribution in [0.2, 0.25) is 0 Å². The fraction of sp³-hybridized carbons (Fsp3) is 0.250. The second-order valence-electron chi connectivity index (χ2n) is 6.47. The quantitative estimate of drug-likeness (QED) is 0.812. The molecule has 2 heterocycles. The maximum atomic E-state index is 13.2. The van der Waals surface area contributed by atoms with Gasteiger partial charge in [0.2, 0.25) is 18.6 Å². The van der Waals surface area contributed by atoms with Gasteiger partial charge in [-0.05, 0) is 42.0 Å². The van der Waals surface area contributed by atoms with Crippen molar-refractivity contribution in [2.24, 2.45) is 4.99 Å². The van der Waals surface area contributed by atoms with Crippen LogP contribution in [0, 0.1) is 5.82 Å². The van der Waals surface area contributed by atoms with E-state index in [4.69, 9.17) is 9.47 Å². The lowest BCUT2D eigenvalue weighted by Crippen LogP contribution is -2.33. The number of amidine groups is 1. The smallest absolute Gasteiger partial charge is 0.242 e. The SMILES string of the molecule is CNC(=O)C[C@@H]1SC(=Nc2ccc(F)cc2)N(Cc2ccc3c(c2)OCO3)C1=O. The number of benzene rings is 2. The molecule has 0 aromatic heterocycles. The summed E-state index contributed by atoms with van der Waals surface area (Å²) in [4.78, 5) is 30.8. The van der Waals surface area contributed by atoms with Crippen LogP contribution in [0.5, 0.6) is 11.5 Å². The third-order valence-corrected chi connectivity index (χ3v) is 5.67. The van der Waals surface area contributed by atoms with E-state index in [2.05, 4.69) is 10.3 Å². The number of carbonyl (C=O) groups is 2. The van der Waals surface area contributed by atoms with Crippen LogP contribution in [0.4, 0.5) is 10.1 Å². The van der Waals surface area contributed by atoms with E-state index < -0.39 is 5.25 Å². The van der Waals surface area contributed by atoms with Gasteiger partial charge < -0.3 is 14.8 Å². The van der Waals surface area contributed by atoms with Crippen molar-refractivity contribution >= 4 is 34.4 Å². The molecule has 0 bridgehead atoms. The van der Waals surface area contributed by atoms with Crippen LogP contribution < -0.4 is 14.8 Å². The Kier molecular flexibility index (Phi) is 5.39. The highest BCUT2D eigenvalue weighted by atomic mass is 32.2. The minimum absolute atomic E-state index is 0.0556. The van der Waals surface area contributed by atoms with Gasteiger partial charge in [-0.2, -0.15) is 0 Å². The summed E-state index contributed by atoms with van der Waals surface area (Å²) < 4.78 is 23.9. The molecule has 2 aromatic rings. The summed E-state index contributed by atoms with van der Waals surface area (Å²) in [5, 5.41) is 2.44. The molecule has 1 atom stereocenters. The molecule has 2 aromatic carbocycles. The number of rotatable bonds is 5. The molecule has 1 fully saturated rings. The molecule has 0 spiro atoms. The first-order valence-electron chi connectivity index (χ1n) is 8.95. The summed E-state index contributed by atoms with van der Waals surface area (Å²) in [5.41, 5.74) is 1.37. The monoisotopic (exact) mass is 415 g/mol. The molecule has 0 aliphatic carbocycles. The Balaban J connectivity index is 1.62. The van der Waals surface area contributed by atoms with Gasteiger partial charge in [-0.1, -0.05) is 17.8 Å². The Morgan fingerprint density at radius 1 is 1.24 bits per heavy atom. The number of aliphatic imine (C=N–C) groups is 1. The number of halogens is 1. The van der Waals surface area contributed by atoms with Gasteiger partial charge >= 0.3 is 0 Å². The maximum absolute atomic E-state index is 13.2. The van der Waals surface area contributed by atoms with Gasteiger partial charge in [0, 0.05) is 13.5 Å². The van der Waals surface area contributed by atoms with E-state index in [1.807, 2.05) is 12.1 Å². The first-order chi connectivity index (χ1) is 14.0. The normalized spacial score (nSPS) is 19.1. The molecule has 1 saturated heterocycles. The van der Waals surface area contributed by atoms with Crippen LogP contribution in [0.1, 0.15) is 12.0 Å². The summed E-state index contributed by atoms with van der Waals surface area (Å²) in [6, 6.07) is 11.2. The van der Waals surface area contributed by atoms with Crippen molar-refractivity contribution in [3.63, 3.8) is 0 Å². The van der Waals surface area contributed by atoms with Crippen LogP contribution >= 0.6 is 11.8 Å². The van der Waals surface area contributed by atoms with Gasteiger partial charge in [0.25, 0.3) is 0 Å². The largest absolute Gasteiger partial charge is 0.454 e. The molecule has 1 N–H and O–H groups in total. The van der Waals surface area contributed by atoms with Crippen molar-refractivity contribution in [1.82, 2.24) is 10.2 Å². The highest BCUT2D eigenvalue weighted by Gasteiger charge is 2.39. The minimum Gasteiger partial charge on any atom is -0.454 e. The lowest BCUT2D eigenvalue weighted by atomic mass is 10.1. The molecule has 0 unspecified atom stereocenters. The summed E-state index contributed by atoms with van der Waals surface area (Å²) in [6.07, 6.45) is 0.0556. The molecule has 9 heteroatoms. The molecular weight excluding hydrogens is 397 g/mol.